The van der Waals surface area contributed by atoms with E-state index >= 15 is 0 Å². The smallest absolute Gasteiger partial charge is 0.469 e. The lowest BCUT2D eigenvalue weighted by atomic mass is 10.0. The molecule has 0 amide bonds. The zero-order chi connectivity index (χ0) is 24.7. The van der Waals surface area contributed by atoms with E-state index in [0.29, 0.717) is 0 Å². The molecule has 0 saturated carbocycles. The number of hydrogen-bond donors (Lipinski definition) is 0. The topological polar surface area (TPSA) is 150 Å². The van der Waals surface area contributed by atoms with Gasteiger partial charge in [0.2, 0.25) is 13.6 Å². The largest absolute Gasteiger partial charge is 0.510 e. The van der Waals surface area contributed by atoms with Gasteiger partial charge in [0.05, 0.1) is 31.4 Å². The van der Waals surface area contributed by atoms with E-state index in [9.17, 15) is 23.7 Å². The highest BCUT2D eigenvalue weighted by Crippen LogP contribution is 2.50. The number of carbonyl (C=O) groups is 4. The molecular weight excluding hydrogens is 451 g/mol. The molecule has 32 heavy (non-hydrogen) atoms. The minimum Gasteiger partial charge on any atom is -0.469 e. The van der Waals surface area contributed by atoms with Gasteiger partial charge in [0.1, 0.15) is 5.78 Å². The maximum atomic E-state index is 13.2. The molecule has 1 atom stereocenters. The molecule has 0 spiro atoms. The first-order chi connectivity index (χ1) is 14.9. The highest BCUT2D eigenvalue weighted by atomic mass is 31.2. The fourth-order valence-corrected chi connectivity index (χ4v) is 3.72. The molecule has 1 unspecified atom stereocenters. The van der Waals surface area contributed by atoms with Gasteiger partial charge in [0.15, 0.2) is 0 Å². The van der Waals surface area contributed by atoms with Crippen LogP contribution in [0.5, 0.6) is 0 Å². The molecule has 0 heterocycles. The van der Waals surface area contributed by atoms with Gasteiger partial charge in [-0.2, -0.15) is 0 Å². The lowest BCUT2D eigenvalue weighted by Gasteiger charge is -2.22. The van der Waals surface area contributed by atoms with Crippen molar-refractivity contribution in [3.8, 4) is 0 Å². The second-order valence-electron chi connectivity index (χ2n) is 7.06. The van der Waals surface area contributed by atoms with Crippen LogP contribution in [0.4, 0.5) is 9.59 Å². The van der Waals surface area contributed by atoms with Crippen LogP contribution in [0, 0.1) is 5.92 Å². The van der Waals surface area contributed by atoms with Crippen molar-refractivity contribution in [1.29, 1.82) is 0 Å². The molecule has 0 N–H and O–H groups in total. The average molecular weight is 484 g/mol. The van der Waals surface area contributed by atoms with Crippen molar-refractivity contribution in [2.45, 2.75) is 66.1 Å². The summed E-state index contributed by atoms with van der Waals surface area (Å²) in [6.07, 6.45) is -3.20. The van der Waals surface area contributed by atoms with Crippen LogP contribution < -0.4 is 0 Å². The van der Waals surface area contributed by atoms with E-state index in [1.807, 2.05) is 0 Å². The van der Waals surface area contributed by atoms with Crippen LogP contribution in [-0.4, -0.2) is 63.1 Å². The third kappa shape index (κ3) is 14.0. The minimum atomic E-state index is -4.17. The molecule has 0 aliphatic heterocycles. The molecule has 12 nitrogen and oxygen atoms in total. The Bertz CT molecular complexity index is 629. The molecule has 0 fully saturated rings. The third-order valence-corrected chi connectivity index (χ3v) is 5.55. The lowest BCUT2D eigenvalue weighted by molar-refractivity contribution is -0.145. The van der Waals surface area contributed by atoms with Crippen LogP contribution in [0.1, 0.15) is 53.9 Å². The van der Waals surface area contributed by atoms with Gasteiger partial charge in [-0.1, -0.05) is 6.92 Å². The molecule has 186 valence electrons. The van der Waals surface area contributed by atoms with Crippen molar-refractivity contribution in [2.75, 3.05) is 26.9 Å². The summed E-state index contributed by atoms with van der Waals surface area (Å²) >= 11 is 0. The number of methoxy groups -OCH3 is 1. The fourth-order valence-electron chi connectivity index (χ4n) is 2.14. The summed E-state index contributed by atoms with van der Waals surface area (Å²) in [6.45, 7) is 6.44. The predicted molar refractivity (Wildman–Crippen MR) is 110 cm³/mol. The molecule has 0 aromatic heterocycles. The van der Waals surface area contributed by atoms with E-state index in [0.717, 1.165) is 7.11 Å². The second kappa shape index (κ2) is 15.6. The van der Waals surface area contributed by atoms with Crippen LogP contribution in [-0.2, 0) is 46.9 Å². The zero-order valence-electron chi connectivity index (χ0n) is 19.3. The first-order valence-electron chi connectivity index (χ1n) is 10.1. The molecular formula is C19H33O12P. The fraction of sp³-hybridized carbons (Fsp3) is 0.789. The van der Waals surface area contributed by atoms with Gasteiger partial charge >= 0.3 is 25.9 Å². The molecule has 0 aromatic rings. The number of esters is 1. The van der Waals surface area contributed by atoms with Crippen LogP contribution in [0.3, 0.4) is 0 Å². The van der Waals surface area contributed by atoms with Gasteiger partial charge in [-0.05, 0) is 34.1 Å². The van der Waals surface area contributed by atoms with E-state index in [2.05, 4.69) is 9.47 Å². The first kappa shape index (κ1) is 29.8. The van der Waals surface area contributed by atoms with Crippen LogP contribution in [0.25, 0.3) is 0 Å². The Morgan fingerprint density at radius 3 is 1.69 bits per heavy atom. The Balaban J connectivity index is 5.21. The summed E-state index contributed by atoms with van der Waals surface area (Å²) < 4.78 is 46.9. The Kier molecular flexibility index (Phi) is 14.5. The van der Waals surface area contributed by atoms with Gasteiger partial charge in [0.25, 0.3) is 0 Å². The molecule has 0 saturated heterocycles. The summed E-state index contributed by atoms with van der Waals surface area (Å²) in [4.78, 5) is 46.7. The van der Waals surface area contributed by atoms with Crippen LogP contribution in [0.15, 0.2) is 0 Å². The molecule has 0 aliphatic rings. The number of carbonyl (C=O) groups excluding carboxylic acids is 4. The highest BCUT2D eigenvalue weighted by molar-refractivity contribution is 7.53. The maximum Gasteiger partial charge on any atom is 0.510 e. The summed E-state index contributed by atoms with van der Waals surface area (Å²) in [7, 11) is -3.03. The van der Waals surface area contributed by atoms with E-state index in [4.69, 9.17) is 23.3 Å². The minimum absolute atomic E-state index is 0.0303. The van der Waals surface area contributed by atoms with Gasteiger partial charge in [-0.3, -0.25) is 23.2 Å². The molecule has 0 aromatic carbocycles. The quantitative estimate of drug-likeness (QED) is 0.144. The van der Waals surface area contributed by atoms with Crippen LogP contribution >= 0.6 is 7.60 Å². The van der Waals surface area contributed by atoms with Crippen molar-refractivity contribution in [2.24, 2.45) is 5.92 Å². The number of Topliss-reactive ketones (excluding diaryl/α,β-unsaturated/α-hetero) is 1. The zero-order valence-corrected chi connectivity index (χ0v) is 20.2. The second-order valence-corrected chi connectivity index (χ2v) is 9.16. The van der Waals surface area contributed by atoms with Gasteiger partial charge in [-0.25, -0.2) is 9.59 Å². The molecule has 13 heteroatoms. The monoisotopic (exact) mass is 484 g/mol. The number of rotatable bonds is 15. The number of ether oxygens (including phenoxy) is 5. The highest BCUT2D eigenvalue weighted by Gasteiger charge is 2.35. The standard InChI is InChI=1S/C19H33O12P/c1-7-16(20)9-8-15(17(21)25-6)10-32(24,28-11-26-18(22)30-13(2)3)29-12-27-19(23)31-14(4)5/h13-15H,7-12H2,1-6H3. The van der Waals surface area contributed by atoms with Gasteiger partial charge in [-0.15, -0.1) is 0 Å². The maximum absolute atomic E-state index is 13.2. The summed E-state index contributed by atoms with van der Waals surface area (Å²) in [5, 5.41) is 0. The Morgan fingerprint density at radius 2 is 1.31 bits per heavy atom. The van der Waals surface area contributed by atoms with Crippen molar-refractivity contribution in [3.63, 3.8) is 0 Å². The number of ketones is 1. The van der Waals surface area contributed by atoms with Crippen molar-refractivity contribution < 1.29 is 56.5 Å². The van der Waals surface area contributed by atoms with Gasteiger partial charge in [0, 0.05) is 12.8 Å². The van der Waals surface area contributed by atoms with Gasteiger partial charge < -0.3 is 23.7 Å². The van der Waals surface area contributed by atoms with Crippen molar-refractivity contribution in [1.82, 2.24) is 0 Å². The predicted octanol–water partition coefficient (Wildman–Crippen LogP) is 3.80. The average Bonchev–Trinajstić information content (AvgIpc) is 2.69. The Morgan fingerprint density at radius 1 is 0.844 bits per heavy atom. The van der Waals surface area contributed by atoms with E-state index in [1.54, 1.807) is 34.6 Å². The lowest BCUT2D eigenvalue weighted by Crippen LogP contribution is -2.24. The Hall–Kier alpha value is -2.17. The summed E-state index contributed by atoms with van der Waals surface area (Å²) in [5.41, 5.74) is 0. The number of hydrogen-bond acceptors (Lipinski definition) is 12. The van der Waals surface area contributed by atoms with Crippen molar-refractivity contribution in [3.05, 3.63) is 0 Å². The van der Waals surface area contributed by atoms with E-state index in [1.165, 1.54) is 0 Å². The molecule has 0 aliphatic carbocycles. The van der Waals surface area contributed by atoms with E-state index in [-0.39, 0.29) is 25.0 Å². The first-order valence-corrected chi connectivity index (χ1v) is 11.8. The third-order valence-electron chi connectivity index (χ3n) is 3.66. The normalized spacial score (nSPS) is 12.2. The van der Waals surface area contributed by atoms with E-state index < -0.39 is 63.7 Å². The molecule has 0 radical (unpaired) electrons. The summed E-state index contributed by atoms with van der Waals surface area (Å²) in [6, 6.07) is 0. The molecule has 0 bridgehead atoms. The van der Waals surface area contributed by atoms with Crippen molar-refractivity contribution >= 4 is 31.7 Å². The SMILES string of the molecule is CCC(=O)CCC(CP(=O)(OCOC(=O)OC(C)C)OCOC(=O)OC(C)C)C(=O)OC. The Labute approximate surface area is 187 Å². The van der Waals surface area contributed by atoms with Crippen LogP contribution in [0.2, 0.25) is 0 Å². The molecule has 0 rings (SSSR count). The summed E-state index contributed by atoms with van der Waals surface area (Å²) in [5.74, 6) is -1.86.